The summed E-state index contributed by atoms with van der Waals surface area (Å²) in [6.45, 7) is 6.14. The molecule has 1 aliphatic rings. The number of carbonyl (C=O) groups is 1. The Morgan fingerprint density at radius 2 is 2.09 bits per heavy atom. The second kappa shape index (κ2) is 7.55. The molecule has 122 valence electrons. The van der Waals surface area contributed by atoms with Gasteiger partial charge in [-0.25, -0.2) is 4.39 Å². The molecular formula is C17H23BrFNO2. The van der Waals surface area contributed by atoms with E-state index < -0.39 is 5.67 Å². The number of ether oxygens (including phenoxy) is 1. The number of rotatable bonds is 6. The number of nitrogens with zero attached hydrogens (tertiary/aromatic N) is 1. The van der Waals surface area contributed by atoms with E-state index >= 15 is 0 Å². The smallest absolute Gasteiger partial charge is 0.153 e. The molecule has 22 heavy (non-hydrogen) atoms. The van der Waals surface area contributed by atoms with Gasteiger partial charge in [-0.05, 0) is 63.9 Å². The first-order chi connectivity index (χ1) is 10.4. The molecule has 0 amide bonds. The van der Waals surface area contributed by atoms with E-state index in [4.69, 9.17) is 4.74 Å². The quantitative estimate of drug-likeness (QED) is 0.705. The van der Waals surface area contributed by atoms with Crippen LogP contribution in [0.1, 0.15) is 37.0 Å². The van der Waals surface area contributed by atoms with Crippen LogP contribution in [-0.4, -0.2) is 43.1 Å². The van der Waals surface area contributed by atoms with Gasteiger partial charge in [-0.1, -0.05) is 15.9 Å². The van der Waals surface area contributed by atoms with Crippen LogP contribution < -0.4 is 4.74 Å². The standard InChI is InChI=1S/C17H23BrFNO2/c1-17(2,19)12-20-7-5-13(6-8-20)11-22-16-9-15(18)4-3-14(16)10-21/h3-4,9-10,13H,5-8,11-12H2,1-2H3. The van der Waals surface area contributed by atoms with Gasteiger partial charge in [0, 0.05) is 11.0 Å². The van der Waals surface area contributed by atoms with E-state index in [1.54, 1.807) is 19.9 Å². The van der Waals surface area contributed by atoms with Crippen molar-refractivity contribution in [2.24, 2.45) is 5.92 Å². The largest absolute Gasteiger partial charge is 0.493 e. The van der Waals surface area contributed by atoms with Crippen LogP contribution in [0.25, 0.3) is 0 Å². The Labute approximate surface area is 140 Å². The summed E-state index contributed by atoms with van der Waals surface area (Å²) < 4.78 is 20.4. The van der Waals surface area contributed by atoms with Crippen LogP contribution in [0.4, 0.5) is 4.39 Å². The monoisotopic (exact) mass is 371 g/mol. The van der Waals surface area contributed by atoms with Crippen molar-refractivity contribution in [2.75, 3.05) is 26.2 Å². The molecular weight excluding hydrogens is 349 g/mol. The van der Waals surface area contributed by atoms with Crippen LogP contribution in [0, 0.1) is 5.92 Å². The molecule has 0 spiro atoms. The first kappa shape index (κ1) is 17.4. The SMILES string of the molecule is CC(C)(F)CN1CCC(COc2cc(Br)ccc2C=O)CC1. The summed E-state index contributed by atoms with van der Waals surface area (Å²) in [5.74, 6) is 1.08. The maximum absolute atomic E-state index is 13.7. The predicted molar refractivity (Wildman–Crippen MR) is 89.4 cm³/mol. The molecule has 5 heteroatoms. The number of hydrogen-bond donors (Lipinski definition) is 0. The van der Waals surface area contributed by atoms with Gasteiger partial charge >= 0.3 is 0 Å². The van der Waals surface area contributed by atoms with Crippen LogP contribution >= 0.6 is 15.9 Å². The van der Waals surface area contributed by atoms with Crippen LogP contribution in [-0.2, 0) is 0 Å². The minimum absolute atomic E-state index is 0.456. The normalized spacial score (nSPS) is 17.5. The predicted octanol–water partition coefficient (Wildman–Crippen LogP) is 4.10. The molecule has 0 aromatic heterocycles. The second-order valence-corrected chi connectivity index (χ2v) is 7.46. The summed E-state index contributed by atoms with van der Waals surface area (Å²) in [7, 11) is 0. The minimum atomic E-state index is -1.14. The molecule has 0 unspecified atom stereocenters. The molecule has 2 rings (SSSR count). The summed E-state index contributed by atoms with van der Waals surface area (Å²) in [6.07, 6.45) is 2.81. The Bertz CT molecular complexity index is 508. The number of benzene rings is 1. The van der Waals surface area contributed by atoms with Crippen LogP contribution in [0.5, 0.6) is 5.75 Å². The number of piperidine rings is 1. The molecule has 1 heterocycles. The molecule has 1 saturated heterocycles. The highest BCUT2D eigenvalue weighted by Gasteiger charge is 2.25. The third kappa shape index (κ3) is 5.36. The minimum Gasteiger partial charge on any atom is -0.493 e. The van der Waals surface area contributed by atoms with E-state index in [9.17, 15) is 9.18 Å². The van der Waals surface area contributed by atoms with E-state index in [0.717, 1.165) is 36.7 Å². The van der Waals surface area contributed by atoms with Gasteiger partial charge in [-0.3, -0.25) is 4.79 Å². The summed E-state index contributed by atoms with van der Waals surface area (Å²) in [4.78, 5) is 13.2. The molecule has 0 bridgehead atoms. The van der Waals surface area contributed by atoms with Crippen molar-refractivity contribution in [1.29, 1.82) is 0 Å². The summed E-state index contributed by atoms with van der Waals surface area (Å²) >= 11 is 3.39. The topological polar surface area (TPSA) is 29.5 Å². The van der Waals surface area contributed by atoms with E-state index in [0.29, 0.717) is 30.4 Å². The second-order valence-electron chi connectivity index (χ2n) is 6.55. The highest BCUT2D eigenvalue weighted by molar-refractivity contribution is 9.10. The van der Waals surface area contributed by atoms with Crippen molar-refractivity contribution in [2.45, 2.75) is 32.4 Å². The van der Waals surface area contributed by atoms with Gasteiger partial charge in [0.1, 0.15) is 11.4 Å². The lowest BCUT2D eigenvalue weighted by molar-refractivity contribution is 0.0834. The average molecular weight is 372 g/mol. The van der Waals surface area contributed by atoms with Crippen LogP contribution in [0.2, 0.25) is 0 Å². The van der Waals surface area contributed by atoms with Crippen LogP contribution in [0.15, 0.2) is 22.7 Å². The summed E-state index contributed by atoms with van der Waals surface area (Å²) in [5.41, 5.74) is -0.571. The maximum atomic E-state index is 13.7. The van der Waals surface area contributed by atoms with E-state index in [-0.39, 0.29) is 0 Å². The Morgan fingerprint density at radius 1 is 1.41 bits per heavy atom. The highest BCUT2D eigenvalue weighted by Crippen LogP contribution is 2.25. The molecule has 0 radical (unpaired) electrons. The number of alkyl halides is 1. The summed E-state index contributed by atoms with van der Waals surface area (Å²) in [5, 5.41) is 0. The fraction of sp³-hybridized carbons (Fsp3) is 0.588. The zero-order chi connectivity index (χ0) is 16.2. The maximum Gasteiger partial charge on any atom is 0.153 e. The molecule has 1 aromatic rings. The van der Waals surface area contributed by atoms with Gasteiger partial charge in [0.25, 0.3) is 0 Å². The van der Waals surface area contributed by atoms with Gasteiger partial charge in [0.2, 0.25) is 0 Å². The van der Waals surface area contributed by atoms with Crippen molar-refractivity contribution in [3.8, 4) is 5.75 Å². The molecule has 0 atom stereocenters. The molecule has 1 aliphatic heterocycles. The Hall–Kier alpha value is -0.940. The highest BCUT2D eigenvalue weighted by atomic mass is 79.9. The van der Waals surface area contributed by atoms with Crippen molar-refractivity contribution in [3.05, 3.63) is 28.2 Å². The van der Waals surface area contributed by atoms with E-state index in [1.165, 1.54) is 0 Å². The zero-order valence-electron chi connectivity index (χ0n) is 13.1. The molecule has 1 fully saturated rings. The number of carbonyl (C=O) groups excluding carboxylic acids is 1. The van der Waals surface area contributed by atoms with Crippen molar-refractivity contribution in [1.82, 2.24) is 4.90 Å². The molecule has 0 saturated carbocycles. The van der Waals surface area contributed by atoms with Crippen LogP contribution in [0.3, 0.4) is 0 Å². The number of hydrogen-bond acceptors (Lipinski definition) is 3. The van der Waals surface area contributed by atoms with Crippen molar-refractivity contribution in [3.63, 3.8) is 0 Å². The molecule has 3 nitrogen and oxygen atoms in total. The lowest BCUT2D eigenvalue weighted by Crippen LogP contribution is -2.41. The first-order valence-electron chi connectivity index (χ1n) is 7.66. The number of likely N-dealkylation sites (tertiary alicyclic amines) is 1. The third-order valence-corrected chi connectivity index (χ3v) is 4.38. The van der Waals surface area contributed by atoms with Gasteiger partial charge in [-0.15, -0.1) is 0 Å². The zero-order valence-corrected chi connectivity index (χ0v) is 14.7. The summed E-state index contributed by atoms with van der Waals surface area (Å²) in [6, 6.07) is 5.40. The lowest BCUT2D eigenvalue weighted by Gasteiger charge is -2.34. The Morgan fingerprint density at radius 3 is 2.68 bits per heavy atom. The molecule has 0 N–H and O–H groups in total. The van der Waals surface area contributed by atoms with Crippen molar-refractivity contribution >= 4 is 22.2 Å². The first-order valence-corrected chi connectivity index (χ1v) is 8.45. The average Bonchev–Trinajstić information content (AvgIpc) is 2.45. The van der Waals surface area contributed by atoms with Gasteiger partial charge in [-0.2, -0.15) is 0 Å². The fourth-order valence-electron chi connectivity index (χ4n) is 2.78. The fourth-order valence-corrected chi connectivity index (χ4v) is 3.12. The van der Waals surface area contributed by atoms with E-state index in [1.807, 2.05) is 12.1 Å². The van der Waals surface area contributed by atoms with Gasteiger partial charge < -0.3 is 9.64 Å². The van der Waals surface area contributed by atoms with Gasteiger partial charge in [0.15, 0.2) is 6.29 Å². The molecule has 1 aromatic carbocycles. The van der Waals surface area contributed by atoms with E-state index in [2.05, 4.69) is 20.8 Å². The third-order valence-electron chi connectivity index (χ3n) is 3.88. The van der Waals surface area contributed by atoms with Gasteiger partial charge in [0.05, 0.1) is 12.2 Å². The van der Waals surface area contributed by atoms with Crippen molar-refractivity contribution < 1.29 is 13.9 Å². The molecule has 0 aliphatic carbocycles. The Balaban J connectivity index is 1.82. The Kier molecular flexibility index (Phi) is 5.98. The number of aldehydes is 1. The lowest BCUT2D eigenvalue weighted by atomic mass is 9.97. The number of halogens is 2.